The Hall–Kier alpha value is -2.47. The molecule has 0 atom stereocenters. The topological polar surface area (TPSA) is 65.8 Å². The number of piperazine rings is 1. The number of nitrogens with one attached hydrogen (secondary N) is 1. The lowest BCUT2D eigenvalue weighted by Crippen LogP contribution is -2.50. The summed E-state index contributed by atoms with van der Waals surface area (Å²) in [7, 11) is 0. The van der Waals surface area contributed by atoms with E-state index in [1.807, 2.05) is 24.8 Å². The zero-order valence-electron chi connectivity index (χ0n) is 14.9. The first-order valence-electron chi connectivity index (χ1n) is 8.64. The maximum Gasteiger partial charge on any atom is 0.291 e. The van der Waals surface area contributed by atoms with Crippen molar-refractivity contribution in [1.29, 1.82) is 0 Å². The fourth-order valence-electron chi connectivity index (χ4n) is 3.01. The van der Waals surface area contributed by atoms with Crippen molar-refractivity contribution < 1.29 is 14.0 Å². The minimum Gasteiger partial charge on any atom is -0.459 e. The Morgan fingerprint density at radius 3 is 2.50 bits per heavy atom. The average molecular weight is 376 g/mol. The van der Waals surface area contributed by atoms with Gasteiger partial charge in [0.2, 0.25) is 5.91 Å². The van der Waals surface area contributed by atoms with Crippen LogP contribution in [0.15, 0.2) is 41.0 Å². The van der Waals surface area contributed by atoms with Gasteiger partial charge in [0.05, 0.1) is 17.6 Å². The number of anilines is 2. The molecule has 2 heterocycles. The number of furan rings is 1. The van der Waals surface area contributed by atoms with Crippen LogP contribution in [-0.4, -0.2) is 42.9 Å². The van der Waals surface area contributed by atoms with E-state index in [2.05, 4.69) is 10.2 Å². The first kappa shape index (κ1) is 18.3. The van der Waals surface area contributed by atoms with Crippen molar-refractivity contribution in [2.75, 3.05) is 36.4 Å². The lowest BCUT2D eigenvalue weighted by Gasteiger charge is -2.37. The van der Waals surface area contributed by atoms with E-state index in [0.717, 1.165) is 5.69 Å². The molecule has 3 rings (SSSR count). The summed E-state index contributed by atoms with van der Waals surface area (Å²) in [6, 6.07) is 8.68. The Balaban J connectivity index is 1.74. The lowest BCUT2D eigenvalue weighted by molar-refractivity contribution is -0.134. The first-order chi connectivity index (χ1) is 12.5. The van der Waals surface area contributed by atoms with Crippen molar-refractivity contribution in [2.24, 2.45) is 5.92 Å². The van der Waals surface area contributed by atoms with Crippen LogP contribution in [0.3, 0.4) is 0 Å². The summed E-state index contributed by atoms with van der Waals surface area (Å²) in [5.41, 5.74) is 1.51. The molecular formula is C19H22ClN3O3. The largest absolute Gasteiger partial charge is 0.459 e. The lowest BCUT2D eigenvalue weighted by atomic mass is 10.1. The highest BCUT2D eigenvalue weighted by atomic mass is 35.5. The Labute approximate surface area is 157 Å². The number of amides is 2. The van der Waals surface area contributed by atoms with Crippen molar-refractivity contribution in [3.63, 3.8) is 0 Å². The molecule has 0 bridgehead atoms. The second-order valence-corrected chi connectivity index (χ2v) is 7.00. The molecular weight excluding hydrogens is 354 g/mol. The molecule has 1 aromatic carbocycles. The van der Waals surface area contributed by atoms with Crippen molar-refractivity contribution in [2.45, 2.75) is 13.8 Å². The number of carbonyl (C=O) groups excluding carboxylic acids is 2. The van der Waals surface area contributed by atoms with E-state index in [0.29, 0.717) is 36.9 Å². The first-order valence-corrected chi connectivity index (χ1v) is 9.01. The van der Waals surface area contributed by atoms with E-state index in [1.165, 1.54) is 6.26 Å². The molecule has 1 aromatic heterocycles. The SMILES string of the molecule is CC(C)C(=O)N1CCN(c2ccc(Cl)cc2NC(=O)c2ccco2)CC1. The zero-order chi connectivity index (χ0) is 18.7. The van der Waals surface area contributed by atoms with Crippen LogP contribution >= 0.6 is 11.6 Å². The molecule has 1 saturated heterocycles. The number of hydrogen-bond donors (Lipinski definition) is 1. The van der Waals surface area contributed by atoms with Gasteiger partial charge in [0.25, 0.3) is 5.91 Å². The van der Waals surface area contributed by atoms with Gasteiger partial charge in [-0.05, 0) is 30.3 Å². The molecule has 0 spiro atoms. The smallest absolute Gasteiger partial charge is 0.291 e. The molecule has 138 valence electrons. The second-order valence-electron chi connectivity index (χ2n) is 6.56. The molecule has 0 radical (unpaired) electrons. The van der Waals surface area contributed by atoms with Crippen LogP contribution in [0.25, 0.3) is 0 Å². The Morgan fingerprint density at radius 1 is 1.15 bits per heavy atom. The molecule has 7 heteroatoms. The van der Waals surface area contributed by atoms with Gasteiger partial charge < -0.3 is 19.5 Å². The summed E-state index contributed by atoms with van der Waals surface area (Å²) >= 11 is 6.12. The molecule has 1 fully saturated rings. The number of halogens is 1. The monoisotopic (exact) mass is 375 g/mol. The van der Waals surface area contributed by atoms with Gasteiger partial charge in [0.1, 0.15) is 0 Å². The summed E-state index contributed by atoms with van der Waals surface area (Å²) in [6.45, 7) is 6.54. The molecule has 26 heavy (non-hydrogen) atoms. The van der Waals surface area contributed by atoms with E-state index >= 15 is 0 Å². The highest BCUT2D eigenvalue weighted by Crippen LogP contribution is 2.30. The third-order valence-electron chi connectivity index (χ3n) is 4.38. The summed E-state index contributed by atoms with van der Waals surface area (Å²) in [4.78, 5) is 28.5. The predicted molar refractivity (Wildman–Crippen MR) is 102 cm³/mol. The van der Waals surface area contributed by atoms with Crippen molar-refractivity contribution >= 4 is 34.8 Å². The number of hydrogen-bond acceptors (Lipinski definition) is 4. The van der Waals surface area contributed by atoms with Crippen LogP contribution in [0, 0.1) is 5.92 Å². The predicted octanol–water partition coefficient (Wildman–Crippen LogP) is 3.49. The van der Waals surface area contributed by atoms with E-state index in [9.17, 15) is 9.59 Å². The van der Waals surface area contributed by atoms with Crippen LogP contribution in [-0.2, 0) is 4.79 Å². The third kappa shape index (κ3) is 4.02. The Kier molecular flexibility index (Phi) is 5.52. The maximum absolute atomic E-state index is 12.3. The molecule has 1 N–H and O–H groups in total. The molecule has 2 amide bonds. The van der Waals surface area contributed by atoms with Gasteiger partial charge in [-0.25, -0.2) is 0 Å². The van der Waals surface area contributed by atoms with Crippen LogP contribution < -0.4 is 10.2 Å². The van der Waals surface area contributed by atoms with Crippen LogP contribution in [0.4, 0.5) is 11.4 Å². The van der Waals surface area contributed by atoms with Crippen LogP contribution in [0.1, 0.15) is 24.4 Å². The van der Waals surface area contributed by atoms with Crippen molar-refractivity contribution in [3.05, 3.63) is 47.4 Å². The average Bonchev–Trinajstić information content (AvgIpc) is 3.16. The number of benzene rings is 1. The molecule has 1 aliphatic rings. The van der Waals surface area contributed by atoms with E-state index < -0.39 is 0 Å². The van der Waals surface area contributed by atoms with Gasteiger partial charge in [-0.3, -0.25) is 9.59 Å². The fraction of sp³-hybridized carbons (Fsp3) is 0.368. The van der Waals surface area contributed by atoms with Crippen molar-refractivity contribution in [3.8, 4) is 0 Å². The Morgan fingerprint density at radius 2 is 1.88 bits per heavy atom. The molecule has 0 unspecified atom stereocenters. The van der Waals surface area contributed by atoms with E-state index in [4.69, 9.17) is 16.0 Å². The van der Waals surface area contributed by atoms with E-state index in [-0.39, 0.29) is 23.5 Å². The summed E-state index contributed by atoms with van der Waals surface area (Å²) in [5, 5.41) is 3.40. The van der Waals surface area contributed by atoms with Crippen LogP contribution in [0.2, 0.25) is 5.02 Å². The number of nitrogens with zero attached hydrogens (tertiary/aromatic N) is 2. The quantitative estimate of drug-likeness (QED) is 0.888. The van der Waals surface area contributed by atoms with Gasteiger partial charge in [-0.2, -0.15) is 0 Å². The van der Waals surface area contributed by atoms with Gasteiger partial charge in [-0.1, -0.05) is 25.4 Å². The minimum atomic E-state index is -0.327. The van der Waals surface area contributed by atoms with Gasteiger partial charge in [-0.15, -0.1) is 0 Å². The van der Waals surface area contributed by atoms with E-state index in [1.54, 1.807) is 24.3 Å². The molecule has 6 nitrogen and oxygen atoms in total. The van der Waals surface area contributed by atoms with Gasteiger partial charge in [0, 0.05) is 37.1 Å². The fourth-order valence-corrected chi connectivity index (χ4v) is 3.18. The molecule has 0 aliphatic carbocycles. The number of carbonyl (C=O) groups is 2. The molecule has 0 saturated carbocycles. The second kappa shape index (κ2) is 7.83. The summed E-state index contributed by atoms with van der Waals surface area (Å²) < 4.78 is 5.14. The zero-order valence-corrected chi connectivity index (χ0v) is 15.6. The normalized spacial score (nSPS) is 14.6. The summed E-state index contributed by atoms with van der Waals surface area (Å²) in [6.07, 6.45) is 1.46. The Bertz CT molecular complexity index is 781. The number of rotatable bonds is 4. The molecule has 2 aromatic rings. The van der Waals surface area contributed by atoms with Gasteiger partial charge >= 0.3 is 0 Å². The standard InChI is InChI=1S/C19H22ClN3O3/c1-13(2)19(25)23-9-7-22(8-10-23)16-6-5-14(20)12-15(16)21-18(24)17-4-3-11-26-17/h3-6,11-13H,7-10H2,1-2H3,(H,21,24). The highest BCUT2D eigenvalue weighted by Gasteiger charge is 2.24. The summed E-state index contributed by atoms with van der Waals surface area (Å²) in [5.74, 6) is 0.0859. The highest BCUT2D eigenvalue weighted by molar-refractivity contribution is 6.31. The maximum atomic E-state index is 12.3. The van der Waals surface area contributed by atoms with Gasteiger partial charge in [0.15, 0.2) is 5.76 Å². The minimum absolute atomic E-state index is 0.000210. The molecule has 1 aliphatic heterocycles. The third-order valence-corrected chi connectivity index (χ3v) is 4.61. The van der Waals surface area contributed by atoms with Crippen LogP contribution in [0.5, 0.6) is 0 Å². The van der Waals surface area contributed by atoms with Crippen molar-refractivity contribution in [1.82, 2.24) is 4.90 Å².